The lowest BCUT2D eigenvalue weighted by molar-refractivity contribution is 0.0247. The normalized spacial score (nSPS) is 20.2. The summed E-state index contributed by atoms with van der Waals surface area (Å²) in [5.74, 6) is 1.75. The van der Waals surface area contributed by atoms with Crippen molar-refractivity contribution in [2.24, 2.45) is 0 Å². The van der Waals surface area contributed by atoms with Crippen molar-refractivity contribution in [2.75, 3.05) is 18.5 Å². The Bertz CT molecular complexity index is 362. The summed E-state index contributed by atoms with van der Waals surface area (Å²) in [5, 5.41) is 3.35. The molecule has 1 atom stereocenters. The molecule has 4 heteroatoms. The molecule has 2 rings (SSSR count). The van der Waals surface area contributed by atoms with Crippen LogP contribution in [-0.2, 0) is 11.2 Å². The molecule has 1 unspecified atom stereocenters. The molecule has 0 saturated carbocycles. The van der Waals surface area contributed by atoms with Gasteiger partial charge in [0.2, 0.25) is 0 Å². The molecule has 1 fully saturated rings. The van der Waals surface area contributed by atoms with Gasteiger partial charge >= 0.3 is 0 Å². The Balaban J connectivity index is 1.91. The monoisotopic (exact) mass is 235 g/mol. The minimum absolute atomic E-state index is 0.337. The van der Waals surface area contributed by atoms with Crippen LogP contribution in [-0.4, -0.2) is 29.2 Å². The number of hydrogen-bond acceptors (Lipinski definition) is 4. The fourth-order valence-corrected chi connectivity index (χ4v) is 2.09. The van der Waals surface area contributed by atoms with Gasteiger partial charge in [-0.2, -0.15) is 0 Å². The van der Waals surface area contributed by atoms with Crippen LogP contribution in [0.5, 0.6) is 0 Å². The maximum atomic E-state index is 5.68. The van der Waals surface area contributed by atoms with Gasteiger partial charge in [-0.1, -0.05) is 6.92 Å². The fourth-order valence-electron chi connectivity index (χ4n) is 2.09. The second kappa shape index (κ2) is 5.96. The fraction of sp³-hybridized carbons (Fsp3) is 0.692. The Morgan fingerprint density at radius 2 is 2.29 bits per heavy atom. The molecule has 1 aliphatic heterocycles. The molecule has 0 spiro atoms. The first kappa shape index (κ1) is 12.3. The van der Waals surface area contributed by atoms with E-state index in [1.54, 1.807) is 0 Å². The lowest BCUT2D eigenvalue weighted by Crippen LogP contribution is -2.27. The molecule has 2 heterocycles. The van der Waals surface area contributed by atoms with E-state index >= 15 is 0 Å². The van der Waals surface area contributed by atoms with Crippen LogP contribution in [0.4, 0.5) is 5.82 Å². The van der Waals surface area contributed by atoms with Crippen LogP contribution in [0.15, 0.2) is 6.07 Å². The molecule has 1 N–H and O–H groups in total. The molecular weight excluding hydrogens is 214 g/mol. The summed E-state index contributed by atoms with van der Waals surface area (Å²) < 4.78 is 5.68. The molecule has 1 aromatic heterocycles. The van der Waals surface area contributed by atoms with E-state index in [2.05, 4.69) is 22.2 Å². The highest BCUT2D eigenvalue weighted by atomic mass is 16.5. The Morgan fingerprint density at radius 3 is 3.00 bits per heavy atom. The minimum Gasteiger partial charge on any atom is -0.376 e. The highest BCUT2D eigenvalue weighted by molar-refractivity contribution is 5.36. The van der Waals surface area contributed by atoms with Gasteiger partial charge in [-0.15, -0.1) is 0 Å². The summed E-state index contributed by atoms with van der Waals surface area (Å²) in [6.07, 6.45) is 4.90. The van der Waals surface area contributed by atoms with E-state index in [-0.39, 0.29) is 0 Å². The van der Waals surface area contributed by atoms with E-state index in [0.29, 0.717) is 6.10 Å². The van der Waals surface area contributed by atoms with Gasteiger partial charge in [0, 0.05) is 24.9 Å². The van der Waals surface area contributed by atoms with Crippen molar-refractivity contribution in [3.8, 4) is 0 Å². The van der Waals surface area contributed by atoms with Crippen LogP contribution in [0, 0.1) is 6.92 Å². The highest BCUT2D eigenvalue weighted by Crippen LogP contribution is 2.14. The molecule has 0 aromatic carbocycles. The number of nitrogens with one attached hydrogen (secondary N) is 1. The molecule has 17 heavy (non-hydrogen) atoms. The molecule has 0 radical (unpaired) electrons. The molecule has 4 nitrogen and oxygen atoms in total. The Morgan fingerprint density at radius 1 is 1.41 bits per heavy atom. The summed E-state index contributed by atoms with van der Waals surface area (Å²) in [5.41, 5.74) is 1.09. The van der Waals surface area contributed by atoms with E-state index in [4.69, 9.17) is 4.74 Å². The number of hydrogen-bond donors (Lipinski definition) is 1. The Labute approximate surface area is 103 Å². The van der Waals surface area contributed by atoms with Crippen molar-refractivity contribution in [1.29, 1.82) is 0 Å². The number of aromatic nitrogens is 2. The molecule has 94 valence electrons. The zero-order valence-electron chi connectivity index (χ0n) is 10.7. The summed E-state index contributed by atoms with van der Waals surface area (Å²) >= 11 is 0. The topological polar surface area (TPSA) is 47.0 Å². The van der Waals surface area contributed by atoms with Crippen molar-refractivity contribution in [2.45, 2.75) is 45.6 Å². The van der Waals surface area contributed by atoms with Crippen molar-refractivity contribution < 1.29 is 4.74 Å². The first-order valence-corrected chi connectivity index (χ1v) is 6.48. The Kier molecular flexibility index (Phi) is 4.31. The van der Waals surface area contributed by atoms with Crippen LogP contribution < -0.4 is 5.32 Å². The maximum Gasteiger partial charge on any atom is 0.130 e. The highest BCUT2D eigenvalue weighted by Gasteiger charge is 2.13. The van der Waals surface area contributed by atoms with Crippen LogP contribution in [0.1, 0.15) is 37.7 Å². The largest absolute Gasteiger partial charge is 0.376 e. The summed E-state index contributed by atoms with van der Waals surface area (Å²) in [6, 6.07) is 2.02. The van der Waals surface area contributed by atoms with Gasteiger partial charge < -0.3 is 10.1 Å². The van der Waals surface area contributed by atoms with Gasteiger partial charge in [-0.25, -0.2) is 9.97 Å². The first-order valence-electron chi connectivity index (χ1n) is 6.48. The summed E-state index contributed by atoms with van der Waals surface area (Å²) in [6.45, 7) is 5.78. The van der Waals surface area contributed by atoms with E-state index < -0.39 is 0 Å². The zero-order valence-corrected chi connectivity index (χ0v) is 10.7. The molecule has 1 aliphatic rings. The quantitative estimate of drug-likeness (QED) is 0.870. The number of aryl methyl sites for hydroxylation is 2. The summed E-state index contributed by atoms with van der Waals surface area (Å²) in [4.78, 5) is 8.75. The van der Waals surface area contributed by atoms with Gasteiger partial charge in [0.15, 0.2) is 0 Å². The van der Waals surface area contributed by atoms with Crippen molar-refractivity contribution >= 4 is 5.82 Å². The molecule has 0 amide bonds. The van der Waals surface area contributed by atoms with Crippen LogP contribution in [0.2, 0.25) is 0 Å². The third kappa shape index (κ3) is 3.66. The van der Waals surface area contributed by atoms with E-state index in [9.17, 15) is 0 Å². The predicted octanol–water partition coefficient (Wildman–Crippen LogP) is 2.33. The molecular formula is C13H21N3O. The van der Waals surface area contributed by atoms with Crippen LogP contribution in [0.25, 0.3) is 0 Å². The molecule has 1 saturated heterocycles. The van der Waals surface area contributed by atoms with Gasteiger partial charge in [-0.05, 0) is 32.6 Å². The standard InChI is InChI=1S/C13H21N3O/c1-3-11-8-13(16-10(2)15-11)14-9-12-6-4-5-7-17-12/h8,12H,3-7,9H2,1-2H3,(H,14,15,16). The van der Waals surface area contributed by atoms with Gasteiger partial charge in [0.25, 0.3) is 0 Å². The average Bonchev–Trinajstić information content (AvgIpc) is 2.37. The van der Waals surface area contributed by atoms with Gasteiger partial charge in [0.1, 0.15) is 11.6 Å². The van der Waals surface area contributed by atoms with E-state index in [1.165, 1.54) is 12.8 Å². The van der Waals surface area contributed by atoms with Crippen molar-refractivity contribution in [1.82, 2.24) is 9.97 Å². The SMILES string of the molecule is CCc1cc(NCC2CCCCO2)nc(C)n1. The lowest BCUT2D eigenvalue weighted by Gasteiger charge is -2.23. The van der Waals surface area contributed by atoms with Crippen LogP contribution in [0.3, 0.4) is 0 Å². The third-order valence-electron chi connectivity index (χ3n) is 3.04. The Hall–Kier alpha value is -1.16. The second-order valence-electron chi connectivity index (χ2n) is 4.51. The van der Waals surface area contributed by atoms with E-state index in [1.807, 2.05) is 13.0 Å². The second-order valence-corrected chi connectivity index (χ2v) is 4.51. The molecule has 0 aliphatic carbocycles. The van der Waals surface area contributed by atoms with Gasteiger partial charge in [-0.3, -0.25) is 0 Å². The predicted molar refractivity (Wildman–Crippen MR) is 68.2 cm³/mol. The molecule has 1 aromatic rings. The number of anilines is 1. The minimum atomic E-state index is 0.337. The van der Waals surface area contributed by atoms with Gasteiger partial charge in [0.05, 0.1) is 6.10 Å². The molecule has 0 bridgehead atoms. The maximum absolute atomic E-state index is 5.68. The van der Waals surface area contributed by atoms with Crippen molar-refractivity contribution in [3.63, 3.8) is 0 Å². The number of rotatable bonds is 4. The number of nitrogens with zero attached hydrogens (tertiary/aromatic N) is 2. The van der Waals surface area contributed by atoms with Crippen LogP contribution >= 0.6 is 0 Å². The smallest absolute Gasteiger partial charge is 0.130 e. The average molecular weight is 235 g/mol. The first-order chi connectivity index (χ1) is 8.28. The summed E-state index contributed by atoms with van der Waals surface area (Å²) in [7, 11) is 0. The lowest BCUT2D eigenvalue weighted by atomic mass is 10.1. The number of ether oxygens (including phenoxy) is 1. The zero-order chi connectivity index (χ0) is 12.1. The van der Waals surface area contributed by atoms with E-state index in [0.717, 1.165) is 43.3 Å². The van der Waals surface area contributed by atoms with Crippen molar-refractivity contribution in [3.05, 3.63) is 17.6 Å². The third-order valence-corrected chi connectivity index (χ3v) is 3.04.